The van der Waals surface area contributed by atoms with E-state index in [0.29, 0.717) is 11.6 Å². The van der Waals surface area contributed by atoms with Crippen LogP contribution in [0, 0.1) is 20.8 Å². The van der Waals surface area contributed by atoms with Crippen LogP contribution in [0.15, 0.2) is 85.1 Å². The van der Waals surface area contributed by atoms with Crippen molar-refractivity contribution in [1.82, 2.24) is 10.3 Å². The Labute approximate surface area is 212 Å². The Balaban J connectivity index is 1.48. The third kappa shape index (κ3) is 6.09. The van der Waals surface area contributed by atoms with Crippen LogP contribution >= 0.6 is 11.6 Å². The van der Waals surface area contributed by atoms with E-state index in [9.17, 15) is 4.79 Å². The molecule has 0 saturated carbocycles. The average Bonchev–Trinajstić information content (AvgIpc) is 2.84. The Morgan fingerprint density at radius 2 is 1.74 bits per heavy atom. The minimum absolute atomic E-state index is 0.0720. The highest BCUT2D eigenvalue weighted by molar-refractivity contribution is 6.31. The number of pyridine rings is 1. The third-order valence-corrected chi connectivity index (χ3v) is 6.43. The van der Waals surface area contributed by atoms with E-state index in [-0.39, 0.29) is 18.4 Å². The van der Waals surface area contributed by atoms with E-state index < -0.39 is 0 Å². The number of benzene rings is 3. The highest BCUT2D eigenvalue weighted by atomic mass is 35.5. The number of hydrogen-bond acceptors (Lipinski definition) is 3. The van der Waals surface area contributed by atoms with Crippen LogP contribution in [0.5, 0.6) is 5.75 Å². The van der Waals surface area contributed by atoms with Crippen LogP contribution in [-0.4, -0.2) is 10.9 Å². The molecule has 0 aliphatic heterocycles. The first kappa shape index (κ1) is 24.5. The molecule has 3 aromatic carbocycles. The molecule has 1 atom stereocenters. The molecule has 0 fully saturated rings. The number of carbonyl (C=O) groups excluding carboxylic acids is 1. The molecular weight excluding hydrogens is 456 g/mol. The van der Waals surface area contributed by atoms with Crippen molar-refractivity contribution in [2.45, 2.75) is 39.8 Å². The normalized spacial score (nSPS) is 11.7. The van der Waals surface area contributed by atoms with Crippen molar-refractivity contribution in [2.24, 2.45) is 0 Å². The van der Waals surface area contributed by atoms with Gasteiger partial charge in [-0.15, -0.1) is 0 Å². The van der Waals surface area contributed by atoms with Gasteiger partial charge in [-0.2, -0.15) is 0 Å². The second-order valence-electron chi connectivity index (χ2n) is 8.69. The Hall–Kier alpha value is -3.63. The molecule has 0 radical (unpaired) electrons. The van der Waals surface area contributed by atoms with E-state index in [1.54, 1.807) is 6.20 Å². The lowest BCUT2D eigenvalue weighted by molar-refractivity contribution is -0.120. The molecule has 4 rings (SSSR count). The number of hydrogen-bond donors (Lipinski definition) is 1. The van der Waals surface area contributed by atoms with Gasteiger partial charge >= 0.3 is 0 Å². The van der Waals surface area contributed by atoms with E-state index in [1.165, 1.54) is 0 Å². The smallest absolute Gasteiger partial charge is 0.225 e. The maximum absolute atomic E-state index is 13.1. The Kier molecular flexibility index (Phi) is 7.84. The molecule has 4 nitrogen and oxygen atoms in total. The fourth-order valence-corrected chi connectivity index (χ4v) is 4.52. The van der Waals surface area contributed by atoms with Gasteiger partial charge in [0.1, 0.15) is 12.4 Å². The highest BCUT2D eigenvalue weighted by Gasteiger charge is 2.21. The zero-order valence-corrected chi connectivity index (χ0v) is 21.0. The van der Waals surface area contributed by atoms with Crippen molar-refractivity contribution < 1.29 is 9.53 Å². The zero-order valence-electron chi connectivity index (χ0n) is 20.2. The molecule has 5 heteroatoms. The lowest BCUT2D eigenvalue weighted by Crippen LogP contribution is -2.31. The van der Waals surface area contributed by atoms with Crippen LogP contribution in [0.25, 0.3) is 0 Å². The maximum Gasteiger partial charge on any atom is 0.225 e. The standard InChI is InChI=1S/C30H29ClN2O2/c1-20-9-7-13-26(31)29(20)30(24-10-5-4-6-11-24)33-28(34)18-23-14-15-27(21(2)17-23)35-19-25-12-8-16-32-22(25)3/h4-17,30H,18-19H2,1-3H3,(H,33,34). The van der Waals surface area contributed by atoms with Crippen LogP contribution in [0.4, 0.5) is 0 Å². The summed E-state index contributed by atoms with van der Waals surface area (Å²) in [6, 6.07) is 25.2. The Bertz CT molecular complexity index is 1300. The van der Waals surface area contributed by atoms with Crippen LogP contribution in [-0.2, 0) is 17.8 Å². The van der Waals surface area contributed by atoms with Gasteiger partial charge in [0.25, 0.3) is 0 Å². The van der Waals surface area contributed by atoms with Crippen LogP contribution in [0.3, 0.4) is 0 Å². The number of halogens is 1. The molecular formula is C30H29ClN2O2. The molecule has 1 amide bonds. The second-order valence-corrected chi connectivity index (χ2v) is 9.10. The van der Waals surface area contributed by atoms with Crippen molar-refractivity contribution in [3.8, 4) is 5.75 Å². The van der Waals surface area contributed by atoms with Gasteiger partial charge in [-0.1, -0.05) is 72.3 Å². The molecule has 1 unspecified atom stereocenters. The molecule has 1 aromatic heterocycles. The van der Waals surface area contributed by atoms with Gasteiger partial charge in [-0.25, -0.2) is 0 Å². The number of nitrogens with one attached hydrogen (secondary N) is 1. The summed E-state index contributed by atoms with van der Waals surface area (Å²) in [4.78, 5) is 17.5. The van der Waals surface area contributed by atoms with Crippen molar-refractivity contribution in [2.75, 3.05) is 0 Å². The SMILES string of the molecule is Cc1cc(CC(=O)NC(c2ccccc2)c2c(C)cccc2Cl)ccc1OCc1cccnc1C. The lowest BCUT2D eigenvalue weighted by atomic mass is 9.94. The molecule has 0 bridgehead atoms. The van der Waals surface area contributed by atoms with E-state index in [2.05, 4.69) is 10.3 Å². The predicted molar refractivity (Wildman–Crippen MR) is 141 cm³/mol. The minimum atomic E-state index is -0.330. The summed E-state index contributed by atoms with van der Waals surface area (Å²) in [5.41, 5.74) is 6.86. The summed E-state index contributed by atoms with van der Waals surface area (Å²) in [6.45, 7) is 6.43. The first-order valence-electron chi connectivity index (χ1n) is 11.6. The number of amides is 1. The number of rotatable bonds is 8. The topological polar surface area (TPSA) is 51.2 Å². The first-order chi connectivity index (χ1) is 16.9. The molecule has 4 aromatic rings. The number of aryl methyl sites for hydroxylation is 3. The largest absolute Gasteiger partial charge is 0.489 e. The summed E-state index contributed by atoms with van der Waals surface area (Å²) in [7, 11) is 0. The van der Waals surface area contributed by atoms with Gasteiger partial charge in [0.05, 0.1) is 12.5 Å². The summed E-state index contributed by atoms with van der Waals surface area (Å²) in [5, 5.41) is 3.84. The molecule has 0 spiro atoms. The van der Waals surface area contributed by atoms with E-state index in [0.717, 1.165) is 44.8 Å². The lowest BCUT2D eigenvalue weighted by Gasteiger charge is -2.23. The average molecular weight is 485 g/mol. The molecule has 178 valence electrons. The van der Waals surface area contributed by atoms with E-state index in [1.807, 2.05) is 99.6 Å². The summed E-state index contributed by atoms with van der Waals surface area (Å²) < 4.78 is 6.02. The fraction of sp³-hybridized carbons (Fsp3) is 0.200. The van der Waals surface area contributed by atoms with Gasteiger partial charge < -0.3 is 10.1 Å². The number of nitrogens with zero attached hydrogens (tertiary/aromatic N) is 1. The summed E-state index contributed by atoms with van der Waals surface area (Å²) in [5.74, 6) is 0.725. The molecule has 0 saturated heterocycles. The molecule has 35 heavy (non-hydrogen) atoms. The predicted octanol–water partition coefficient (Wildman–Crippen LogP) is 6.69. The van der Waals surface area contributed by atoms with Gasteiger partial charge in [-0.05, 0) is 61.2 Å². The monoisotopic (exact) mass is 484 g/mol. The number of carbonyl (C=O) groups is 1. The van der Waals surface area contributed by atoms with Crippen molar-refractivity contribution in [3.63, 3.8) is 0 Å². The van der Waals surface area contributed by atoms with Gasteiger partial charge in [0.2, 0.25) is 5.91 Å². The fourth-order valence-electron chi connectivity index (χ4n) is 4.18. The van der Waals surface area contributed by atoms with Crippen molar-refractivity contribution in [3.05, 3.63) is 129 Å². The Morgan fingerprint density at radius 3 is 2.46 bits per heavy atom. The minimum Gasteiger partial charge on any atom is -0.489 e. The van der Waals surface area contributed by atoms with Gasteiger partial charge in [0.15, 0.2) is 0 Å². The van der Waals surface area contributed by atoms with Gasteiger partial charge in [-0.3, -0.25) is 9.78 Å². The van der Waals surface area contributed by atoms with Crippen molar-refractivity contribution in [1.29, 1.82) is 0 Å². The molecule has 0 aliphatic carbocycles. The van der Waals surface area contributed by atoms with Crippen LogP contribution < -0.4 is 10.1 Å². The first-order valence-corrected chi connectivity index (χ1v) is 12.0. The Morgan fingerprint density at radius 1 is 0.943 bits per heavy atom. The number of aromatic nitrogens is 1. The molecule has 1 N–H and O–H groups in total. The van der Waals surface area contributed by atoms with Crippen molar-refractivity contribution >= 4 is 17.5 Å². The second kappa shape index (κ2) is 11.2. The van der Waals surface area contributed by atoms with Crippen LogP contribution in [0.1, 0.15) is 45.1 Å². The zero-order chi connectivity index (χ0) is 24.8. The summed E-state index contributed by atoms with van der Waals surface area (Å²) >= 11 is 6.57. The number of ether oxygens (including phenoxy) is 1. The quantitative estimate of drug-likeness (QED) is 0.303. The maximum atomic E-state index is 13.1. The van der Waals surface area contributed by atoms with Gasteiger partial charge in [0, 0.05) is 28.0 Å². The highest BCUT2D eigenvalue weighted by Crippen LogP contribution is 2.31. The molecule has 0 aliphatic rings. The van der Waals surface area contributed by atoms with E-state index >= 15 is 0 Å². The summed E-state index contributed by atoms with van der Waals surface area (Å²) in [6.07, 6.45) is 2.04. The molecule has 1 heterocycles. The van der Waals surface area contributed by atoms with E-state index in [4.69, 9.17) is 16.3 Å². The van der Waals surface area contributed by atoms with Crippen LogP contribution in [0.2, 0.25) is 5.02 Å². The third-order valence-electron chi connectivity index (χ3n) is 6.10.